The molecule has 5 rings (SSSR count). The van der Waals surface area contributed by atoms with Gasteiger partial charge in [-0.2, -0.15) is 14.8 Å². The summed E-state index contributed by atoms with van der Waals surface area (Å²) in [6.45, 7) is 5.41. The summed E-state index contributed by atoms with van der Waals surface area (Å²) in [5, 5.41) is 18.1. The Kier molecular flexibility index (Phi) is 9.54. The molecule has 1 atom stereocenters. The topological polar surface area (TPSA) is 144 Å². The van der Waals surface area contributed by atoms with Crippen LogP contribution in [-0.2, 0) is 16.1 Å². The van der Waals surface area contributed by atoms with Crippen LogP contribution in [0.4, 0.5) is 19.0 Å². The average Bonchev–Trinajstić information content (AvgIpc) is 3.64. The lowest BCUT2D eigenvalue weighted by molar-refractivity contribution is -0.127. The molecule has 4 aromatic rings. The predicted octanol–water partition coefficient (Wildman–Crippen LogP) is 4.74. The van der Waals surface area contributed by atoms with Crippen molar-refractivity contribution < 1.29 is 27.4 Å². The van der Waals surface area contributed by atoms with Crippen molar-refractivity contribution in [1.29, 1.82) is 5.26 Å². The highest BCUT2D eigenvalue weighted by Crippen LogP contribution is 2.35. The van der Waals surface area contributed by atoms with E-state index >= 15 is 4.39 Å². The molecular weight excluding hydrogens is 601 g/mol. The van der Waals surface area contributed by atoms with Gasteiger partial charge < -0.3 is 25.4 Å². The van der Waals surface area contributed by atoms with E-state index in [-0.39, 0.29) is 41.0 Å². The Balaban J connectivity index is 1.43. The molecule has 14 heteroatoms. The second kappa shape index (κ2) is 13.6. The molecule has 3 N–H and O–H groups in total. The summed E-state index contributed by atoms with van der Waals surface area (Å²) in [5.41, 5.74) is 6.14. The number of hydrogen-bond acceptors (Lipinski definition) is 9. The Bertz CT molecular complexity index is 1840. The third-order valence-corrected chi connectivity index (χ3v) is 7.66. The van der Waals surface area contributed by atoms with Crippen molar-refractivity contribution >= 4 is 22.8 Å². The minimum atomic E-state index is -1.19. The van der Waals surface area contributed by atoms with Crippen molar-refractivity contribution in [2.24, 2.45) is 0 Å². The number of nitriles is 1. The zero-order valence-electron chi connectivity index (χ0n) is 25.6. The fourth-order valence-electron chi connectivity index (χ4n) is 5.46. The van der Waals surface area contributed by atoms with Crippen LogP contribution >= 0.6 is 0 Å². The zero-order valence-corrected chi connectivity index (χ0v) is 25.6. The number of amides is 1. The number of nitrogen functional groups attached to an aromatic ring is 1. The standard InChI is InChI=1S/C32H33F3N8O3/c1-32(2,40-11-13-45-3)15-19(16-36)31(44)42-12-5-6-20(42)17-43-30-26(29(37)38-18-39-30)28(41-43)22-10-9-21(14-24(22)34)46-25-8-4-7-23(33)27(25)35/h4,7-10,14-15,18,20,40H,5-6,11-13,17H2,1-3H3,(H2,37,38,39)/t20-/m1/s1. The first-order chi connectivity index (χ1) is 22.0. The van der Waals surface area contributed by atoms with Crippen LogP contribution in [-0.4, -0.2) is 68.9 Å². The van der Waals surface area contributed by atoms with E-state index < -0.39 is 34.6 Å². The Morgan fingerprint density at radius 2 is 2.02 bits per heavy atom. The third kappa shape index (κ3) is 6.80. The number of nitrogens with one attached hydrogen (secondary N) is 1. The maximum atomic E-state index is 15.5. The summed E-state index contributed by atoms with van der Waals surface area (Å²) < 4.78 is 55.3. The van der Waals surface area contributed by atoms with Crippen LogP contribution in [0.2, 0.25) is 0 Å². The van der Waals surface area contributed by atoms with E-state index in [0.717, 1.165) is 18.6 Å². The van der Waals surface area contributed by atoms with Crippen molar-refractivity contribution in [1.82, 2.24) is 30.0 Å². The fraction of sp³-hybridized carbons (Fsp3) is 0.344. The normalized spacial score (nSPS) is 15.4. The van der Waals surface area contributed by atoms with Crippen LogP contribution in [0.5, 0.6) is 11.5 Å². The van der Waals surface area contributed by atoms with E-state index in [4.69, 9.17) is 15.2 Å². The highest BCUT2D eigenvalue weighted by molar-refractivity contribution is 5.99. The van der Waals surface area contributed by atoms with E-state index in [1.54, 1.807) is 22.8 Å². The Hall–Kier alpha value is -5.00. The van der Waals surface area contributed by atoms with Gasteiger partial charge in [0.25, 0.3) is 5.91 Å². The van der Waals surface area contributed by atoms with Crippen molar-refractivity contribution in [3.05, 3.63) is 71.8 Å². The van der Waals surface area contributed by atoms with E-state index in [1.807, 2.05) is 13.8 Å². The molecule has 1 saturated heterocycles. The number of hydrogen-bond donors (Lipinski definition) is 2. The maximum Gasteiger partial charge on any atom is 0.264 e. The molecule has 0 bridgehead atoms. The van der Waals surface area contributed by atoms with E-state index in [9.17, 15) is 18.8 Å². The number of halogens is 3. The summed E-state index contributed by atoms with van der Waals surface area (Å²) in [7, 11) is 1.59. The summed E-state index contributed by atoms with van der Waals surface area (Å²) in [5.74, 6) is -3.82. The molecule has 0 radical (unpaired) electrons. The lowest BCUT2D eigenvalue weighted by atomic mass is 10.0. The van der Waals surface area contributed by atoms with Gasteiger partial charge in [0.15, 0.2) is 17.2 Å². The number of rotatable bonds is 11. The Morgan fingerprint density at radius 3 is 2.76 bits per heavy atom. The van der Waals surface area contributed by atoms with E-state index in [0.29, 0.717) is 37.2 Å². The van der Waals surface area contributed by atoms with Gasteiger partial charge in [-0.15, -0.1) is 0 Å². The number of benzene rings is 2. The zero-order chi connectivity index (χ0) is 33.0. The lowest BCUT2D eigenvalue weighted by Gasteiger charge is -2.27. The second-order valence-corrected chi connectivity index (χ2v) is 11.4. The van der Waals surface area contributed by atoms with Gasteiger partial charge in [-0.1, -0.05) is 6.07 Å². The molecule has 1 aliphatic heterocycles. The lowest BCUT2D eigenvalue weighted by Crippen LogP contribution is -2.42. The van der Waals surface area contributed by atoms with Crippen LogP contribution < -0.4 is 15.8 Å². The summed E-state index contributed by atoms with van der Waals surface area (Å²) in [6, 6.07) is 8.99. The van der Waals surface area contributed by atoms with Crippen molar-refractivity contribution in [2.75, 3.05) is 32.5 Å². The molecule has 11 nitrogen and oxygen atoms in total. The number of carbonyl (C=O) groups is 1. The number of nitrogens with two attached hydrogens (primary N) is 1. The summed E-state index contributed by atoms with van der Waals surface area (Å²) in [4.78, 5) is 23.6. The minimum absolute atomic E-state index is 0.0156. The van der Waals surface area contributed by atoms with Crippen molar-refractivity contribution in [3.63, 3.8) is 0 Å². The van der Waals surface area contributed by atoms with Gasteiger partial charge in [0.2, 0.25) is 5.82 Å². The number of anilines is 1. The number of nitrogens with zero attached hydrogens (tertiary/aromatic N) is 6. The SMILES string of the molecule is COCCNC(C)(C)C=C(C#N)C(=O)N1CCC[C@@H]1Cn1nc(-c2ccc(Oc3cccc(F)c3F)cc2F)c2c(N)ncnc21. The van der Waals surface area contributed by atoms with Gasteiger partial charge in [0.1, 0.15) is 41.0 Å². The molecule has 0 saturated carbocycles. The van der Waals surface area contributed by atoms with Crippen LogP contribution in [0.15, 0.2) is 54.4 Å². The quantitative estimate of drug-likeness (QED) is 0.136. The highest BCUT2D eigenvalue weighted by Gasteiger charge is 2.33. The van der Waals surface area contributed by atoms with Gasteiger partial charge in [-0.05, 0) is 57.0 Å². The summed E-state index contributed by atoms with van der Waals surface area (Å²) >= 11 is 0. The first-order valence-electron chi connectivity index (χ1n) is 14.6. The monoisotopic (exact) mass is 634 g/mol. The number of aromatic nitrogens is 4. The van der Waals surface area contributed by atoms with Crippen molar-refractivity contribution in [2.45, 2.75) is 44.8 Å². The van der Waals surface area contributed by atoms with Gasteiger partial charge in [-0.25, -0.2) is 23.4 Å². The Morgan fingerprint density at radius 1 is 1.22 bits per heavy atom. The molecule has 46 heavy (non-hydrogen) atoms. The predicted molar refractivity (Wildman–Crippen MR) is 164 cm³/mol. The largest absolute Gasteiger partial charge is 0.454 e. The van der Waals surface area contributed by atoms with Gasteiger partial charge in [-0.3, -0.25) is 4.79 Å². The molecule has 1 aliphatic rings. The summed E-state index contributed by atoms with van der Waals surface area (Å²) in [6.07, 6.45) is 4.26. The highest BCUT2D eigenvalue weighted by atomic mass is 19.2. The van der Waals surface area contributed by atoms with Crippen LogP contribution in [0.3, 0.4) is 0 Å². The molecule has 1 fully saturated rings. The second-order valence-electron chi connectivity index (χ2n) is 11.4. The van der Waals surface area contributed by atoms with Crippen LogP contribution in [0, 0.1) is 28.8 Å². The molecule has 1 amide bonds. The molecule has 2 aromatic heterocycles. The number of methoxy groups -OCH3 is 1. The molecular formula is C32H33F3N8O3. The molecule has 3 heterocycles. The van der Waals surface area contributed by atoms with Crippen LogP contribution in [0.25, 0.3) is 22.3 Å². The molecule has 240 valence electrons. The third-order valence-electron chi connectivity index (χ3n) is 7.66. The fourth-order valence-corrected chi connectivity index (χ4v) is 5.46. The number of ether oxygens (including phenoxy) is 2. The average molecular weight is 635 g/mol. The molecule has 0 aliphatic carbocycles. The van der Waals surface area contributed by atoms with E-state index in [2.05, 4.69) is 26.5 Å². The first-order valence-corrected chi connectivity index (χ1v) is 14.6. The number of likely N-dealkylation sites (tertiary alicyclic amines) is 1. The van der Waals surface area contributed by atoms with Gasteiger partial charge in [0, 0.05) is 37.4 Å². The van der Waals surface area contributed by atoms with E-state index in [1.165, 1.54) is 30.6 Å². The molecule has 0 unspecified atom stereocenters. The maximum absolute atomic E-state index is 15.5. The smallest absolute Gasteiger partial charge is 0.264 e. The molecule has 2 aromatic carbocycles. The van der Waals surface area contributed by atoms with Gasteiger partial charge >= 0.3 is 0 Å². The first kappa shape index (κ1) is 32.4. The number of fused-ring (bicyclic) bond motifs is 1. The minimum Gasteiger partial charge on any atom is -0.454 e. The Labute approximate surface area is 263 Å². The van der Waals surface area contributed by atoms with Crippen molar-refractivity contribution in [3.8, 4) is 28.8 Å². The number of carbonyl (C=O) groups excluding carboxylic acids is 1. The van der Waals surface area contributed by atoms with Crippen LogP contribution in [0.1, 0.15) is 26.7 Å². The molecule has 0 spiro atoms. The van der Waals surface area contributed by atoms with Gasteiger partial charge in [0.05, 0.1) is 24.6 Å².